The Bertz CT molecular complexity index is 675. The first kappa shape index (κ1) is 14.6. The van der Waals surface area contributed by atoms with Gasteiger partial charge in [-0.05, 0) is 43.0 Å². The van der Waals surface area contributed by atoms with Crippen LogP contribution in [0.4, 0.5) is 0 Å². The molecule has 1 N–H and O–H groups in total. The molecule has 3 atom stereocenters. The first-order valence-electron chi connectivity index (χ1n) is 7.75. The normalized spacial score (nSPS) is 31.2. The number of hydrogen-bond donors (Lipinski definition) is 1. The number of nitrogens with one attached hydrogen (secondary N) is 1. The number of rotatable bonds is 1. The molecule has 2 aromatic heterocycles. The Hall–Kier alpha value is -0.940. The molecule has 2 aromatic rings. The molecule has 2 aliphatic rings. The summed E-state index contributed by atoms with van der Waals surface area (Å²) < 4.78 is 7.23. The summed E-state index contributed by atoms with van der Waals surface area (Å²) in [5, 5.41) is 3.69. The lowest BCUT2D eigenvalue weighted by Crippen LogP contribution is -2.49. The van der Waals surface area contributed by atoms with Crippen molar-refractivity contribution in [3.63, 3.8) is 0 Å². The van der Waals surface area contributed by atoms with Crippen LogP contribution in [0.15, 0.2) is 30.6 Å². The van der Waals surface area contributed by atoms with Crippen molar-refractivity contribution >= 4 is 22.9 Å². The van der Waals surface area contributed by atoms with Crippen molar-refractivity contribution < 1.29 is 4.74 Å². The predicted molar refractivity (Wildman–Crippen MR) is 89.5 cm³/mol. The average Bonchev–Trinajstić information content (AvgIpc) is 2.90. The largest absolute Gasteiger partial charge is 0.369 e. The van der Waals surface area contributed by atoms with Gasteiger partial charge < -0.3 is 10.1 Å². The number of hydrogen-bond acceptors (Lipinski definition) is 4. The second kappa shape index (κ2) is 5.60. The molecule has 2 aliphatic heterocycles. The number of thiophene rings is 1. The molecular formula is C17H19ClN2OS. The van der Waals surface area contributed by atoms with Crippen LogP contribution in [0.5, 0.6) is 0 Å². The van der Waals surface area contributed by atoms with E-state index in [-0.39, 0.29) is 11.6 Å². The second-order valence-electron chi connectivity index (χ2n) is 6.31. The van der Waals surface area contributed by atoms with Crippen molar-refractivity contribution in [1.29, 1.82) is 0 Å². The first-order chi connectivity index (χ1) is 10.7. The maximum Gasteiger partial charge on any atom is 0.106 e. The van der Waals surface area contributed by atoms with E-state index in [0.29, 0.717) is 6.04 Å². The van der Waals surface area contributed by atoms with E-state index in [1.165, 1.54) is 16.0 Å². The second-order valence-corrected chi connectivity index (χ2v) is 8.00. The van der Waals surface area contributed by atoms with Gasteiger partial charge in [0.25, 0.3) is 0 Å². The number of nitrogens with zero attached hydrogens (tertiary/aromatic N) is 1. The van der Waals surface area contributed by atoms with Crippen LogP contribution in [0.2, 0.25) is 4.34 Å². The Morgan fingerprint density at radius 1 is 1.45 bits per heavy atom. The predicted octanol–water partition coefficient (Wildman–Crippen LogP) is 4.08. The molecule has 1 saturated heterocycles. The summed E-state index contributed by atoms with van der Waals surface area (Å²) in [6.45, 7) is 3.02. The van der Waals surface area contributed by atoms with Gasteiger partial charge in [-0.25, -0.2) is 0 Å². The fourth-order valence-corrected chi connectivity index (χ4v) is 5.32. The molecule has 1 fully saturated rings. The molecule has 5 heteroatoms. The van der Waals surface area contributed by atoms with Crippen molar-refractivity contribution in [3.8, 4) is 0 Å². The van der Waals surface area contributed by atoms with E-state index in [1.54, 1.807) is 11.3 Å². The van der Waals surface area contributed by atoms with E-state index in [0.717, 1.165) is 30.2 Å². The van der Waals surface area contributed by atoms with Gasteiger partial charge in [0.1, 0.15) is 5.60 Å². The number of pyridine rings is 1. The van der Waals surface area contributed by atoms with E-state index in [4.69, 9.17) is 16.3 Å². The van der Waals surface area contributed by atoms with E-state index >= 15 is 0 Å². The Labute approximate surface area is 139 Å². The van der Waals surface area contributed by atoms with Gasteiger partial charge in [0.15, 0.2) is 0 Å². The SMILES string of the molecule is C[C@H]1C[C@@]2(C[C@@H](c3cccnc3)N1)OCCc1cc(Cl)sc12. The van der Waals surface area contributed by atoms with E-state index in [1.807, 2.05) is 18.5 Å². The third-order valence-electron chi connectivity index (χ3n) is 4.68. The van der Waals surface area contributed by atoms with Crippen LogP contribution in [0, 0.1) is 0 Å². The zero-order chi connectivity index (χ0) is 15.2. The number of halogens is 1. The Kier molecular flexibility index (Phi) is 3.73. The lowest BCUT2D eigenvalue weighted by atomic mass is 9.78. The van der Waals surface area contributed by atoms with Crippen LogP contribution in [-0.2, 0) is 16.8 Å². The molecule has 116 valence electrons. The highest BCUT2D eigenvalue weighted by atomic mass is 35.5. The van der Waals surface area contributed by atoms with Crippen LogP contribution in [0.3, 0.4) is 0 Å². The number of aromatic nitrogens is 1. The molecule has 0 bridgehead atoms. The minimum absolute atomic E-state index is 0.198. The summed E-state index contributed by atoms with van der Waals surface area (Å²) in [4.78, 5) is 5.61. The fourth-order valence-electron chi connectivity index (χ4n) is 3.86. The molecule has 22 heavy (non-hydrogen) atoms. The lowest BCUT2D eigenvalue weighted by Gasteiger charge is -2.46. The zero-order valence-corrected chi connectivity index (χ0v) is 14.1. The van der Waals surface area contributed by atoms with Crippen LogP contribution < -0.4 is 5.32 Å². The van der Waals surface area contributed by atoms with Crippen LogP contribution >= 0.6 is 22.9 Å². The zero-order valence-electron chi connectivity index (χ0n) is 12.5. The maximum absolute atomic E-state index is 6.36. The van der Waals surface area contributed by atoms with E-state index in [9.17, 15) is 0 Å². The van der Waals surface area contributed by atoms with Gasteiger partial charge in [-0.15, -0.1) is 11.3 Å². The summed E-state index contributed by atoms with van der Waals surface area (Å²) in [7, 11) is 0. The quantitative estimate of drug-likeness (QED) is 0.853. The molecule has 4 rings (SSSR count). The first-order valence-corrected chi connectivity index (χ1v) is 8.94. The van der Waals surface area contributed by atoms with Gasteiger partial charge in [-0.3, -0.25) is 4.98 Å². The monoisotopic (exact) mass is 334 g/mol. The third kappa shape index (κ3) is 2.48. The number of ether oxygens (including phenoxy) is 1. The Balaban J connectivity index is 1.73. The summed E-state index contributed by atoms with van der Waals surface area (Å²) in [5.41, 5.74) is 2.41. The highest BCUT2D eigenvalue weighted by Crippen LogP contribution is 2.49. The number of fused-ring (bicyclic) bond motifs is 2. The summed E-state index contributed by atoms with van der Waals surface area (Å²) >= 11 is 7.97. The smallest absolute Gasteiger partial charge is 0.106 e. The van der Waals surface area contributed by atoms with Gasteiger partial charge in [0.05, 0.1) is 10.9 Å². The number of piperidine rings is 1. The Morgan fingerprint density at radius 2 is 2.36 bits per heavy atom. The summed E-state index contributed by atoms with van der Waals surface area (Å²) in [5.74, 6) is 0. The van der Waals surface area contributed by atoms with Crippen molar-refractivity contribution in [2.45, 2.75) is 43.9 Å². The van der Waals surface area contributed by atoms with E-state index in [2.05, 4.69) is 29.4 Å². The maximum atomic E-state index is 6.36. The van der Waals surface area contributed by atoms with Crippen molar-refractivity contribution in [1.82, 2.24) is 10.3 Å². The standard InChI is InChI=1S/C17H19ClN2OS/c1-11-8-17(9-14(20-11)13-3-2-5-19-10-13)16-12(4-6-21-17)7-15(18)22-16/h2-3,5,7,10-11,14,20H,4,6,8-9H2,1H3/t11-,14-,17-/m0/s1. The summed E-state index contributed by atoms with van der Waals surface area (Å²) in [6.07, 6.45) is 6.68. The van der Waals surface area contributed by atoms with Gasteiger partial charge in [0, 0.05) is 35.8 Å². The molecule has 0 aromatic carbocycles. The van der Waals surface area contributed by atoms with Crippen LogP contribution in [0.1, 0.15) is 41.8 Å². The van der Waals surface area contributed by atoms with Gasteiger partial charge in [0.2, 0.25) is 0 Å². The van der Waals surface area contributed by atoms with Crippen molar-refractivity contribution in [2.24, 2.45) is 0 Å². The van der Waals surface area contributed by atoms with E-state index < -0.39 is 0 Å². The molecule has 1 spiro atoms. The van der Waals surface area contributed by atoms with Crippen molar-refractivity contribution in [2.75, 3.05) is 6.61 Å². The minimum Gasteiger partial charge on any atom is -0.369 e. The molecule has 0 aliphatic carbocycles. The van der Waals surface area contributed by atoms with Crippen LogP contribution in [0.25, 0.3) is 0 Å². The Morgan fingerprint density at radius 3 is 3.18 bits per heavy atom. The summed E-state index contributed by atoms with van der Waals surface area (Å²) in [6, 6.07) is 6.92. The molecule has 4 heterocycles. The lowest BCUT2D eigenvalue weighted by molar-refractivity contribution is -0.0954. The molecule has 0 amide bonds. The van der Waals surface area contributed by atoms with Gasteiger partial charge in [-0.2, -0.15) is 0 Å². The third-order valence-corrected chi connectivity index (χ3v) is 6.18. The molecule has 0 saturated carbocycles. The van der Waals surface area contributed by atoms with Gasteiger partial charge >= 0.3 is 0 Å². The minimum atomic E-state index is -0.198. The highest BCUT2D eigenvalue weighted by molar-refractivity contribution is 7.16. The molecule has 0 unspecified atom stereocenters. The van der Waals surface area contributed by atoms with Crippen LogP contribution in [-0.4, -0.2) is 17.6 Å². The molecule has 3 nitrogen and oxygen atoms in total. The fraction of sp³-hybridized carbons (Fsp3) is 0.471. The average molecular weight is 335 g/mol. The van der Waals surface area contributed by atoms with Crippen molar-refractivity contribution in [3.05, 3.63) is 50.9 Å². The molecular weight excluding hydrogens is 316 g/mol. The molecule has 0 radical (unpaired) electrons. The highest BCUT2D eigenvalue weighted by Gasteiger charge is 2.46. The topological polar surface area (TPSA) is 34.2 Å². The van der Waals surface area contributed by atoms with Gasteiger partial charge in [-0.1, -0.05) is 17.7 Å².